The van der Waals surface area contributed by atoms with Crippen LogP contribution in [0.15, 0.2) is 33.5 Å². The van der Waals surface area contributed by atoms with Crippen molar-refractivity contribution in [1.82, 2.24) is 0 Å². The van der Waals surface area contributed by atoms with E-state index in [0.29, 0.717) is 16.7 Å². The fourth-order valence-corrected chi connectivity index (χ4v) is 1.22. The zero-order valence-electron chi connectivity index (χ0n) is 7.48. The van der Waals surface area contributed by atoms with E-state index in [0.717, 1.165) is 0 Å². The molecule has 14 heavy (non-hydrogen) atoms. The van der Waals surface area contributed by atoms with E-state index in [4.69, 9.17) is 14.3 Å². The molecule has 1 heterocycles. The van der Waals surface area contributed by atoms with Gasteiger partial charge in [0.2, 0.25) is 5.75 Å². The predicted molar refractivity (Wildman–Crippen MR) is 50.7 cm³/mol. The summed E-state index contributed by atoms with van der Waals surface area (Å²) in [5.74, 6) is 0.247. The molecule has 4 nitrogen and oxygen atoms in total. The van der Waals surface area contributed by atoms with Gasteiger partial charge in [-0.2, -0.15) is 0 Å². The average molecular weight is 192 g/mol. The lowest BCUT2D eigenvalue weighted by atomic mass is 10.2. The van der Waals surface area contributed by atoms with Gasteiger partial charge in [-0.05, 0) is 24.3 Å². The lowest BCUT2D eigenvalue weighted by Crippen LogP contribution is -1.96. The number of hydrogen-bond acceptors (Lipinski definition) is 4. The highest BCUT2D eigenvalue weighted by atomic mass is 16.5. The van der Waals surface area contributed by atoms with Crippen LogP contribution in [0.2, 0.25) is 0 Å². The Labute approximate surface area is 79.4 Å². The maximum Gasteiger partial charge on any atom is 0.378 e. The summed E-state index contributed by atoms with van der Waals surface area (Å²) in [6.07, 6.45) is 0. The van der Waals surface area contributed by atoms with Gasteiger partial charge in [0, 0.05) is 5.39 Å². The molecule has 0 atom stereocenters. The van der Waals surface area contributed by atoms with Gasteiger partial charge in [0.1, 0.15) is 11.3 Å². The van der Waals surface area contributed by atoms with E-state index >= 15 is 0 Å². The standard InChI is InChI=1S/C10H8O4/c1-13-7-2-3-9-6(4-7)5-8(11)10(12)14-9/h2-5,11H,1H3. The Morgan fingerprint density at radius 3 is 2.86 bits per heavy atom. The minimum Gasteiger partial charge on any atom is -0.502 e. The normalized spacial score (nSPS) is 10.4. The second-order valence-electron chi connectivity index (χ2n) is 2.82. The van der Waals surface area contributed by atoms with Crippen LogP contribution in [-0.2, 0) is 0 Å². The van der Waals surface area contributed by atoms with Gasteiger partial charge >= 0.3 is 5.63 Å². The van der Waals surface area contributed by atoms with Crippen molar-refractivity contribution in [3.63, 3.8) is 0 Å². The number of hydrogen-bond donors (Lipinski definition) is 1. The average Bonchev–Trinajstić information content (AvgIpc) is 2.19. The van der Waals surface area contributed by atoms with Crippen LogP contribution in [0.5, 0.6) is 11.5 Å². The molecule has 0 saturated carbocycles. The van der Waals surface area contributed by atoms with Gasteiger partial charge in [-0.25, -0.2) is 4.79 Å². The van der Waals surface area contributed by atoms with Crippen LogP contribution in [0.3, 0.4) is 0 Å². The van der Waals surface area contributed by atoms with Gasteiger partial charge in [0.25, 0.3) is 0 Å². The Hall–Kier alpha value is -1.97. The highest BCUT2D eigenvalue weighted by molar-refractivity contribution is 5.79. The van der Waals surface area contributed by atoms with E-state index < -0.39 is 11.4 Å². The van der Waals surface area contributed by atoms with E-state index in [1.807, 2.05) is 0 Å². The number of rotatable bonds is 1. The maximum absolute atomic E-state index is 10.9. The van der Waals surface area contributed by atoms with E-state index in [2.05, 4.69) is 0 Å². The molecule has 0 radical (unpaired) electrons. The summed E-state index contributed by atoms with van der Waals surface area (Å²) in [6, 6.07) is 6.33. The van der Waals surface area contributed by atoms with Crippen molar-refractivity contribution in [1.29, 1.82) is 0 Å². The molecule has 0 unspecified atom stereocenters. The lowest BCUT2D eigenvalue weighted by Gasteiger charge is -2.01. The Morgan fingerprint density at radius 1 is 1.36 bits per heavy atom. The van der Waals surface area contributed by atoms with Crippen molar-refractivity contribution in [2.45, 2.75) is 0 Å². The summed E-state index contributed by atoms with van der Waals surface area (Å²) in [7, 11) is 1.54. The molecular formula is C10H8O4. The van der Waals surface area contributed by atoms with Gasteiger partial charge in [-0.3, -0.25) is 0 Å². The first kappa shape index (κ1) is 8.62. The van der Waals surface area contributed by atoms with Crippen molar-refractivity contribution in [3.05, 3.63) is 34.7 Å². The molecule has 0 spiro atoms. The molecule has 0 fully saturated rings. The third-order valence-electron chi connectivity index (χ3n) is 1.92. The molecule has 2 rings (SSSR count). The molecule has 1 aromatic carbocycles. The van der Waals surface area contributed by atoms with Crippen molar-refractivity contribution < 1.29 is 14.3 Å². The SMILES string of the molecule is COc1ccc2oc(=O)c(O)cc2c1. The summed E-state index contributed by atoms with van der Waals surface area (Å²) in [5, 5.41) is 9.76. The number of ether oxygens (including phenoxy) is 1. The summed E-state index contributed by atoms with van der Waals surface area (Å²) in [5.41, 5.74) is -0.309. The molecule has 0 aliphatic heterocycles. The van der Waals surface area contributed by atoms with Crippen molar-refractivity contribution in [2.75, 3.05) is 7.11 Å². The summed E-state index contributed by atoms with van der Waals surface area (Å²) < 4.78 is 9.82. The van der Waals surface area contributed by atoms with Crippen LogP contribution in [0, 0.1) is 0 Å². The second-order valence-corrected chi connectivity index (χ2v) is 2.82. The first-order chi connectivity index (χ1) is 6.70. The molecule has 2 aromatic rings. The monoisotopic (exact) mass is 192 g/mol. The quantitative estimate of drug-likeness (QED) is 0.695. The van der Waals surface area contributed by atoms with Gasteiger partial charge < -0.3 is 14.3 Å². The molecule has 72 valence electrons. The van der Waals surface area contributed by atoms with Crippen LogP contribution >= 0.6 is 0 Å². The molecule has 1 N–H and O–H groups in total. The van der Waals surface area contributed by atoms with Crippen LogP contribution in [0.25, 0.3) is 11.0 Å². The number of aromatic hydroxyl groups is 1. The molecular weight excluding hydrogens is 184 g/mol. The Balaban J connectivity index is 2.77. The van der Waals surface area contributed by atoms with Gasteiger partial charge in [-0.1, -0.05) is 0 Å². The number of benzene rings is 1. The highest BCUT2D eigenvalue weighted by Crippen LogP contribution is 2.21. The number of methoxy groups -OCH3 is 1. The number of fused-ring (bicyclic) bond motifs is 1. The van der Waals surface area contributed by atoms with E-state index in [1.165, 1.54) is 6.07 Å². The Bertz CT molecular complexity index is 527. The third kappa shape index (κ3) is 1.31. The highest BCUT2D eigenvalue weighted by Gasteiger charge is 2.03. The summed E-state index contributed by atoms with van der Waals surface area (Å²) in [4.78, 5) is 10.9. The zero-order chi connectivity index (χ0) is 10.1. The van der Waals surface area contributed by atoms with Crippen LogP contribution in [0.4, 0.5) is 0 Å². The molecule has 4 heteroatoms. The van der Waals surface area contributed by atoms with Gasteiger partial charge in [-0.15, -0.1) is 0 Å². The van der Waals surface area contributed by atoms with Crippen LogP contribution < -0.4 is 10.4 Å². The van der Waals surface area contributed by atoms with E-state index in [-0.39, 0.29) is 0 Å². The fourth-order valence-electron chi connectivity index (χ4n) is 1.22. The Kier molecular flexibility index (Phi) is 1.89. The molecule has 0 aliphatic rings. The van der Waals surface area contributed by atoms with Gasteiger partial charge in [0.05, 0.1) is 7.11 Å². The zero-order valence-corrected chi connectivity index (χ0v) is 7.48. The summed E-state index contributed by atoms with van der Waals surface area (Å²) in [6.45, 7) is 0. The topological polar surface area (TPSA) is 59.7 Å². The minimum atomic E-state index is -0.734. The first-order valence-corrected chi connectivity index (χ1v) is 4.01. The summed E-state index contributed by atoms with van der Waals surface area (Å²) >= 11 is 0. The minimum absolute atomic E-state index is 0.397. The lowest BCUT2D eigenvalue weighted by molar-refractivity contribution is 0.413. The van der Waals surface area contributed by atoms with Crippen LogP contribution in [-0.4, -0.2) is 12.2 Å². The second kappa shape index (κ2) is 3.06. The van der Waals surface area contributed by atoms with Crippen LogP contribution in [0.1, 0.15) is 0 Å². The molecule has 0 aliphatic carbocycles. The van der Waals surface area contributed by atoms with Crippen molar-refractivity contribution in [2.24, 2.45) is 0 Å². The van der Waals surface area contributed by atoms with Crippen molar-refractivity contribution in [3.8, 4) is 11.5 Å². The Morgan fingerprint density at radius 2 is 2.14 bits per heavy atom. The molecule has 0 bridgehead atoms. The first-order valence-electron chi connectivity index (χ1n) is 4.01. The smallest absolute Gasteiger partial charge is 0.378 e. The van der Waals surface area contributed by atoms with E-state index in [9.17, 15) is 4.79 Å². The van der Waals surface area contributed by atoms with E-state index in [1.54, 1.807) is 25.3 Å². The fraction of sp³-hybridized carbons (Fsp3) is 0.100. The maximum atomic E-state index is 10.9. The molecule has 0 amide bonds. The predicted octanol–water partition coefficient (Wildman–Crippen LogP) is 1.51. The third-order valence-corrected chi connectivity index (χ3v) is 1.92. The molecule has 1 aromatic heterocycles. The van der Waals surface area contributed by atoms with Gasteiger partial charge in [0.15, 0.2) is 0 Å². The van der Waals surface area contributed by atoms with Crippen molar-refractivity contribution >= 4 is 11.0 Å². The molecule has 0 saturated heterocycles. The largest absolute Gasteiger partial charge is 0.502 e.